The van der Waals surface area contributed by atoms with Gasteiger partial charge in [-0.3, -0.25) is 4.79 Å². The highest BCUT2D eigenvalue weighted by molar-refractivity contribution is 5.95. The first-order valence-corrected chi connectivity index (χ1v) is 11.6. The summed E-state index contributed by atoms with van der Waals surface area (Å²) in [7, 11) is 0. The number of rotatable bonds is 5. The van der Waals surface area contributed by atoms with E-state index >= 15 is 0 Å². The zero-order valence-corrected chi connectivity index (χ0v) is 18.7. The highest BCUT2D eigenvalue weighted by atomic mass is 19.4. The molecule has 0 heterocycles. The highest BCUT2D eigenvalue weighted by Crippen LogP contribution is 2.41. The predicted octanol–water partition coefficient (Wildman–Crippen LogP) is 5.65. The van der Waals surface area contributed by atoms with Gasteiger partial charge >= 0.3 is 6.18 Å². The molecule has 0 bridgehead atoms. The Kier molecular flexibility index (Phi) is 6.41. The quantitative estimate of drug-likeness (QED) is 0.621. The molecule has 4 rings (SSSR count). The molecular formula is C26H29F3N2O2. The van der Waals surface area contributed by atoms with E-state index in [4.69, 9.17) is 5.26 Å². The zero-order valence-electron chi connectivity index (χ0n) is 18.7. The van der Waals surface area contributed by atoms with Crippen LogP contribution in [0.2, 0.25) is 0 Å². The first-order valence-electron chi connectivity index (χ1n) is 11.6. The van der Waals surface area contributed by atoms with Crippen molar-refractivity contribution in [1.82, 2.24) is 4.90 Å². The molecule has 176 valence electrons. The number of alkyl halides is 3. The molecule has 2 atom stereocenters. The number of carbonyl (C=O) groups excluding carboxylic acids is 1. The molecule has 0 aliphatic heterocycles. The molecule has 3 aliphatic rings. The summed E-state index contributed by atoms with van der Waals surface area (Å²) in [5.41, 5.74) is -2.16. The van der Waals surface area contributed by atoms with Crippen LogP contribution in [0.5, 0.6) is 0 Å². The normalized spacial score (nSPS) is 27.3. The lowest BCUT2D eigenvalue weighted by molar-refractivity contribution is -0.258. The van der Waals surface area contributed by atoms with Gasteiger partial charge in [-0.2, -0.15) is 18.4 Å². The van der Waals surface area contributed by atoms with Crippen molar-refractivity contribution in [3.63, 3.8) is 0 Å². The van der Waals surface area contributed by atoms with E-state index in [0.29, 0.717) is 23.0 Å². The maximum Gasteiger partial charge on any atom is 0.421 e. The highest BCUT2D eigenvalue weighted by Gasteiger charge is 2.51. The Morgan fingerprint density at radius 1 is 1.06 bits per heavy atom. The third-order valence-electron chi connectivity index (χ3n) is 7.42. The summed E-state index contributed by atoms with van der Waals surface area (Å²) in [6, 6.07) is 7.69. The molecule has 3 aliphatic carbocycles. The molecule has 1 aromatic rings. The first kappa shape index (κ1) is 23.6. The molecule has 0 radical (unpaired) electrons. The average Bonchev–Trinajstić information content (AvgIpc) is 3.64. The van der Waals surface area contributed by atoms with Crippen LogP contribution < -0.4 is 0 Å². The maximum atomic E-state index is 13.3. The van der Waals surface area contributed by atoms with Crippen LogP contribution in [-0.2, 0) is 5.60 Å². The third-order valence-corrected chi connectivity index (χ3v) is 7.42. The van der Waals surface area contributed by atoms with Crippen molar-refractivity contribution in [2.75, 3.05) is 0 Å². The molecule has 0 spiro atoms. The predicted molar refractivity (Wildman–Crippen MR) is 118 cm³/mol. The van der Waals surface area contributed by atoms with Gasteiger partial charge in [-0.15, -0.1) is 0 Å². The van der Waals surface area contributed by atoms with Gasteiger partial charge in [-0.25, -0.2) is 0 Å². The second-order valence-electron chi connectivity index (χ2n) is 9.69. The van der Waals surface area contributed by atoms with Crippen LogP contribution in [0.25, 0.3) is 0 Å². The summed E-state index contributed by atoms with van der Waals surface area (Å²) in [6.07, 6.45) is 7.89. The first-order chi connectivity index (χ1) is 15.6. The Hall–Kier alpha value is -2.59. The van der Waals surface area contributed by atoms with Gasteiger partial charge in [0.1, 0.15) is 0 Å². The Labute approximate surface area is 192 Å². The fourth-order valence-corrected chi connectivity index (χ4v) is 5.11. The molecule has 0 aromatic heterocycles. The van der Waals surface area contributed by atoms with E-state index in [9.17, 15) is 23.1 Å². The number of amides is 1. The molecule has 0 saturated heterocycles. The number of nitrogens with zero attached hydrogens (tertiary/aromatic N) is 2. The SMILES string of the molecule is C[C@](O)(c1ccc(C(=O)N(C2CC2)[C@H]2CC[C@H](C3C=CC(C#N)=CC3)CC2)cc1)C(F)(F)F. The standard InChI is InChI=1S/C26H29F3N2O2/c1-25(33,26(27,28)29)21-10-6-20(7-11-21)24(32)31(23-14-15-23)22-12-8-19(9-13-22)18-4-2-17(16-30)3-5-18/h2-4,6-7,10-11,18-19,22-23,33H,5,8-9,12-15H2,1H3/t18?,19-,22-,25-/m0/s1. The minimum atomic E-state index is -4.79. The molecule has 7 heteroatoms. The van der Waals surface area contributed by atoms with Crippen LogP contribution >= 0.6 is 0 Å². The number of halogens is 3. The number of carbonyl (C=O) groups is 1. The number of hydrogen-bond donors (Lipinski definition) is 1. The molecule has 1 amide bonds. The van der Waals surface area contributed by atoms with Gasteiger partial charge in [-0.05, 0) is 87.5 Å². The second kappa shape index (κ2) is 8.98. The van der Waals surface area contributed by atoms with Gasteiger partial charge < -0.3 is 10.0 Å². The number of hydrogen-bond acceptors (Lipinski definition) is 3. The van der Waals surface area contributed by atoms with Crippen LogP contribution in [-0.4, -0.2) is 34.2 Å². The monoisotopic (exact) mass is 458 g/mol. The fourth-order valence-electron chi connectivity index (χ4n) is 5.11. The van der Waals surface area contributed by atoms with Crippen LogP contribution in [0.3, 0.4) is 0 Å². The molecule has 2 saturated carbocycles. The number of benzene rings is 1. The van der Waals surface area contributed by atoms with Crippen molar-refractivity contribution in [3.8, 4) is 6.07 Å². The van der Waals surface area contributed by atoms with E-state index in [0.717, 1.165) is 51.9 Å². The van der Waals surface area contributed by atoms with E-state index in [2.05, 4.69) is 12.1 Å². The van der Waals surface area contributed by atoms with Crippen molar-refractivity contribution < 1.29 is 23.1 Å². The summed E-state index contributed by atoms with van der Waals surface area (Å²) >= 11 is 0. The molecule has 33 heavy (non-hydrogen) atoms. The van der Waals surface area contributed by atoms with E-state index in [1.165, 1.54) is 24.3 Å². The Bertz CT molecular complexity index is 976. The fraction of sp³-hybridized carbons (Fsp3) is 0.538. The number of allylic oxidation sites excluding steroid dienone is 4. The van der Waals surface area contributed by atoms with E-state index in [1.54, 1.807) is 0 Å². The summed E-state index contributed by atoms with van der Waals surface area (Å²) in [5, 5.41) is 18.9. The second-order valence-corrected chi connectivity index (χ2v) is 9.69. The minimum absolute atomic E-state index is 0.136. The van der Waals surface area contributed by atoms with Gasteiger partial charge in [0.15, 0.2) is 5.60 Å². The van der Waals surface area contributed by atoms with Crippen molar-refractivity contribution >= 4 is 5.91 Å². The molecular weight excluding hydrogens is 429 g/mol. The maximum absolute atomic E-state index is 13.3. The number of aliphatic hydroxyl groups is 1. The Balaban J connectivity index is 1.42. The molecule has 2 fully saturated rings. The van der Waals surface area contributed by atoms with Gasteiger partial charge in [0.05, 0.1) is 6.07 Å². The van der Waals surface area contributed by atoms with Gasteiger partial charge in [-0.1, -0.05) is 24.3 Å². The average molecular weight is 459 g/mol. The minimum Gasteiger partial charge on any atom is -0.376 e. The Morgan fingerprint density at radius 3 is 2.09 bits per heavy atom. The van der Waals surface area contributed by atoms with Crippen molar-refractivity contribution in [3.05, 3.63) is 59.2 Å². The zero-order chi connectivity index (χ0) is 23.8. The summed E-state index contributed by atoms with van der Waals surface area (Å²) in [5.74, 6) is 0.828. The van der Waals surface area contributed by atoms with Gasteiger partial charge in [0.2, 0.25) is 0 Å². The largest absolute Gasteiger partial charge is 0.421 e. The van der Waals surface area contributed by atoms with E-state index in [1.807, 2.05) is 17.1 Å². The molecule has 1 unspecified atom stereocenters. The van der Waals surface area contributed by atoms with Gasteiger partial charge in [0.25, 0.3) is 5.91 Å². The third kappa shape index (κ3) is 4.86. The van der Waals surface area contributed by atoms with E-state index in [-0.39, 0.29) is 23.6 Å². The summed E-state index contributed by atoms with van der Waals surface area (Å²) in [4.78, 5) is 15.3. The lowest BCUT2D eigenvalue weighted by atomic mass is 9.75. The van der Waals surface area contributed by atoms with Crippen molar-refractivity contribution in [2.24, 2.45) is 11.8 Å². The van der Waals surface area contributed by atoms with Crippen LogP contribution in [0.15, 0.2) is 48.1 Å². The van der Waals surface area contributed by atoms with Crippen molar-refractivity contribution in [2.45, 2.75) is 75.7 Å². The lowest BCUT2D eigenvalue weighted by Gasteiger charge is -2.39. The van der Waals surface area contributed by atoms with Crippen LogP contribution in [0.4, 0.5) is 13.2 Å². The summed E-state index contributed by atoms with van der Waals surface area (Å²) in [6.45, 7) is 0.719. The lowest BCUT2D eigenvalue weighted by Crippen LogP contribution is -2.44. The van der Waals surface area contributed by atoms with E-state index < -0.39 is 11.8 Å². The van der Waals surface area contributed by atoms with Crippen LogP contribution in [0.1, 0.15) is 67.8 Å². The topological polar surface area (TPSA) is 64.3 Å². The number of nitriles is 1. The smallest absolute Gasteiger partial charge is 0.376 e. The van der Waals surface area contributed by atoms with Gasteiger partial charge in [0, 0.05) is 23.2 Å². The molecule has 1 aromatic carbocycles. The van der Waals surface area contributed by atoms with Crippen molar-refractivity contribution in [1.29, 1.82) is 5.26 Å². The van der Waals surface area contributed by atoms with Crippen LogP contribution in [0, 0.1) is 23.2 Å². The Morgan fingerprint density at radius 2 is 1.64 bits per heavy atom. The summed E-state index contributed by atoms with van der Waals surface area (Å²) < 4.78 is 39.4. The molecule has 1 N–H and O–H groups in total. The molecule has 4 nitrogen and oxygen atoms in total.